The molecule has 0 aromatic rings. The van der Waals surface area contributed by atoms with Crippen molar-refractivity contribution in [1.82, 2.24) is 5.32 Å². The molecule has 0 heterocycles. The van der Waals surface area contributed by atoms with Gasteiger partial charge in [0.1, 0.15) is 6.10 Å². The predicted molar refractivity (Wildman–Crippen MR) is 153 cm³/mol. The molecular formula is C31H57NO4. The summed E-state index contributed by atoms with van der Waals surface area (Å²) in [6.45, 7) is 4.01. The van der Waals surface area contributed by atoms with Crippen molar-refractivity contribution in [3.8, 4) is 0 Å². The summed E-state index contributed by atoms with van der Waals surface area (Å²) in [7, 11) is 0. The third kappa shape index (κ3) is 21.8. The average molecular weight is 508 g/mol. The van der Waals surface area contributed by atoms with E-state index in [4.69, 9.17) is 0 Å². The lowest BCUT2D eigenvalue weighted by atomic mass is 10.0. The normalized spacial score (nSPS) is 14.7. The van der Waals surface area contributed by atoms with Crippen LogP contribution in [0.3, 0.4) is 0 Å². The predicted octanol–water partition coefficient (Wildman–Crippen LogP) is 6.92. The van der Waals surface area contributed by atoms with Gasteiger partial charge >= 0.3 is 0 Å². The molecule has 0 spiro atoms. The molecule has 0 rings (SSSR count). The van der Waals surface area contributed by atoms with Crippen LogP contribution in [0.25, 0.3) is 0 Å². The van der Waals surface area contributed by atoms with Crippen LogP contribution in [-0.2, 0) is 4.79 Å². The Morgan fingerprint density at radius 1 is 0.667 bits per heavy atom. The largest absolute Gasteiger partial charge is 0.394 e. The molecule has 0 saturated carbocycles. The van der Waals surface area contributed by atoms with Crippen LogP contribution in [0.5, 0.6) is 0 Å². The first-order chi connectivity index (χ1) is 17.6. The van der Waals surface area contributed by atoms with Gasteiger partial charge in [-0.1, -0.05) is 88.8 Å². The SMILES string of the molecule is CCC/C=C/CC/C=C/CCCC(O)C(O)C(CO)NC(=O)CCCCCCC/C=C\CCCCC. The zero-order valence-corrected chi connectivity index (χ0v) is 23.4. The van der Waals surface area contributed by atoms with Gasteiger partial charge in [-0.2, -0.15) is 0 Å². The standard InChI is InChI=1S/C31H57NO4/c1-3-5-7-9-11-13-15-16-18-20-22-24-26-30(35)32-28(27-33)31(36)29(34)25-23-21-19-17-14-12-10-8-6-4-2/h8,10-11,13,17,19,28-29,31,33-34,36H,3-7,9,12,14-16,18,20-27H2,1-2H3,(H,32,35)/b10-8+,13-11-,19-17+. The average Bonchev–Trinajstić information content (AvgIpc) is 2.88. The molecule has 0 aliphatic heterocycles. The number of rotatable bonds is 25. The smallest absolute Gasteiger partial charge is 0.220 e. The minimum Gasteiger partial charge on any atom is -0.394 e. The van der Waals surface area contributed by atoms with Gasteiger partial charge < -0.3 is 20.6 Å². The molecule has 0 aliphatic carbocycles. The summed E-state index contributed by atoms with van der Waals surface area (Å²) in [4.78, 5) is 12.2. The van der Waals surface area contributed by atoms with Gasteiger partial charge in [0.15, 0.2) is 0 Å². The first kappa shape index (κ1) is 34.6. The molecule has 0 aromatic heterocycles. The number of hydrogen-bond donors (Lipinski definition) is 4. The van der Waals surface area contributed by atoms with E-state index in [1.807, 2.05) is 0 Å². The molecule has 36 heavy (non-hydrogen) atoms. The Hall–Kier alpha value is -1.43. The van der Waals surface area contributed by atoms with Gasteiger partial charge in [0.05, 0.1) is 18.8 Å². The lowest BCUT2D eigenvalue weighted by Crippen LogP contribution is -2.50. The Balaban J connectivity index is 3.88. The molecule has 0 saturated heterocycles. The Labute approximate surface area is 222 Å². The van der Waals surface area contributed by atoms with E-state index in [0.29, 0.717) is 12.8 Å². The summed E-state index contributed by atoms with van der Waals surface area (Å²) in [6, 6.07) is -0.831. The third-order valence-electron chi connectivity index (χ3n) is 6.42. The highest BCUT2D eigenvalue weighted by Gasteiger charge is 2.26. The van der Waals surface area contributed by atoms with Gasteiger partial charge in [0.2, 0.25) is 5.91 Å². The molecular weight excluding hydrogens is 450 g/mol. The second kappa shape index (κ2) is 26.6. The van der Waals surface area contributed by atoms with Gasteiger partial charge in [-0.15, -0.1) is 0 Å². The Kier molecular flexibility index (Phi) is 25.6. The molecule has 5 nitrogen and oxygen atoms in total. The zero-order chi connectivity index (χ0) is 26.7. The number of hydrogen-bond acceptors (Lipinski definition) is 4. The lowest BCUT2D eigenvalue weighted by Gasteiger charge is -2.26. The molecule has 0 radical (unpaired) electrons. The molecule has 0 aliphatic rings. The molecule has 1 amide bonds. The number of carbonyl (C=O) groups is 1. The Morgan fingerprint density at radius 2 is 1.19 bits per heavy atom. The van der Waals surface area contributed by atoms with Crippen LogP contribution in [-0.4, -0.2) is 46.1 Å². The van der Waals surface area contributed by atoms with Crippen LogP contribution < -0.4 is 5.32 Å². The summed E-state index contributed by atoms with van der Waals surface area (Å²) < 4.78 is 0. The third-order valence-corrected chi connectivity index (χ3v) is 6.42. The fraction of sp³-hybridized carbons (Fsp3) is 0.774. The second-order valence-corrected chi connectivity index (χ2v) is 9.93. The summed E-state index contributed by atoms with van der Waals surface area (Å²) in [6.07, 6.45) is 29.5. The van der Waals surface area contributed by atoms with Gasteiger partial charge in [-0.25, -0.2) is 0 Å². The van der Waals surface area contributed by atoms with Crippen LogP contribution in [0, 0.1) is 0 Å². The van der Waals surface area contributed by atoms with Crippen LogP contribution >= 0.6 is 0 Å². The summed E-state index contributed by atoms with van der Waals surface area (Å²) in [5, 5.41) is 33.0. The Morgan fingerprint density at radius 3 is 1.81 bits per heavy atom. The van der Waals surface area contributed by atoms with Gasteiger partial charge in [-0.05, 0) is 70.6 Å². The van der Waals surface area contributed by atoms with E-state index in [1.54, 1.807) is 0 Å². The monoisotopic (exact) mass is 507 g/mol. The second-order valence-electron chi connectivity index (χ2n) is 9.93. The maximum Gasteiger partial charge on any atom is 0.220 e. The zero-order valence-electron chi connectivity index (χ0n) is 23.4. The topological polar surface area (TPSA) is 89.8 Å². The van der Waals surface area contributed by atoms with E-state index in [2.05, 4.69) is 55.6 Å². The highest BCUT2D eigenvalue weighted by molar-refractivity contribution is 5.76. The van der Waals surface area contributed by atoms with Crippen molar-refractivity contribution < 1.29 is 20.1 Å². The Bertz CT molecular complexity index is 573. The minimum absolute atomic E-state index is 0.175. The van der Waals surface area contributed by atoms with E-state index in [-0.39, 0.29) is 12.5 Å². The molecule has 210 valence electrons. The molecule has 3 atom stereocenters. The van der Waals surface area contributed by atoms with Crippen molar-refractivity contribution >= 4 is 5.91 Å². The number of aliphatic hydroxyl groups is 3. The fourth-order valence-corrected chi connectivity index (χ4v) is 4.06. The highest BCUT2D eigenvalue weighted by Crippen LogP contribution is 2.11. The number of unbranched alkanes of at least 4 members (excludes halogenated alkanes) is 11. The minimum atomic E-state index is -1.17. The number of nitrogens with one attached hydrogen (secondary N) is 1. The first-order valence-corrected chi connectivity index (χ1v) is 14.8. The van der Waals surface area contributed by atoms with Gasteiger partial charge in [-0.3, -0.25) is 4.79 Å². The maximum atomic E-state index is 12.2. The number of aliphatic hydroxyl groups excluding tert-OH is 3. The molecule has 4 N–H and O–H groups in total. The van der Waals surface area contributed by atoms with E-state index < -0.39 is 18.2 Å². The molecule has 3 unspecified atom stereocenters. The quantitative estimate of drug-likeness (QED) is 0.0798. The van der Waals surface area contributed by atoms with Crippen LogP contribution in [0.15, 0.2) is 36.5 Å². The van der Waals surface area contributed by atoms with Crippen LogP contribution in [0.1, 0.15) is 129 Å². The van der Waals surface area contributed by atoms with Crippen molar-refractivity contribution in [2.24, 2.45) is 0 Å². The summed E-state index contributed by atoms with van der Waals surface area (Å²) in [5.74, 6) is -0.175. The van der Waals surface area contributed by atoms with Crippen molar-refractivity contribution in [2.75, 3.05) is 6.61 Å². The van der Waals surface area contributed by atoms with Crippen molar-refractivity contribution in [1.29, 1.82) is 0 Å². The van der Waals surface area contributed by atoms with Crippen molar-refractivity contribution in [3.05, 3.63) is 36.5 Å². The summed E-state index contributed by atoms with van der Waals surface area (Å²) >= 11 is 0. The molecule has 0 fully saturated rings. The van der Waals surface area contributed by atoms with Crippen LogP contribution in [0.4, 0.5) is 0 Å². The molecule has 0 aromatic carbocycles. The van der Waals surface area contributed by atoms with E-state index in [0.717, 1.165) is 57.8 Å². The van der Waals surface area contributed by atoms with E-state index in [9.17, 15) is 20.1 Å². The van der Waals surface area contributed by atoms with E-state index in [1.165, 1.54) is 44.9 Å². The van der Waals surface area contributed by atoms with Crippen molar-refractivity contribution in [3.63, 3.8) is 0 Å². The maximum absolute atomic E-state index is 12.2. The molecule has 5 heteroatoms. The van der Waals surface area contributed by atoms with Gasteiger partial charge in [0, 0.05) is 6.42 Å². The number of allylic oxidation sites excluding steroid dienone is 6. The van der Waals surface area contributed by atoms with E-state index >= 15 is 0 Å². The summed E-state index contributed by atoms with van der Waals surface area (Å²) in [5.41, 5.74) is 0. The number of amides is 1. The highest BCUT2D eigenvalue weighted by atomic mass is 16.3. The van der Waals surface area contributed by atoms with Gasteiger partial charge in [0.25, 0.3) is 0 Å². The molecule has 0 bridgehead atoms. The lowest BCUT2D eigenvalue weighted by molar-refractivity contribution is -0.124. The first-order valence-electron chi connectivity index (χ1n) is 14.8. The van der Waals surface area contributed by atoms with Crippen LogP contribution in [0.2, 0.25) is 0 Å². The fourth-order valence-electron chi connectivity index (χ4n) is 4.06. The number of carbonyl (C=O) groups excluding carboxylic acids is 1. The van der Waals surface area contributed by atoms with Crippen molar-refractivity contribution in [2.45, 2.75) is 148 Å².